The fourth-order valence-electron chi connectivity index (χ4n) is 8.83. The highest BCUT2D eigenvalue weighted by molar-refractivity contribution is 6.11. The summed E-state index contributed by atoms with van der Waals surface area (Å²) in [5, 5.41) is 38.0. The number of carbonyl (C=O) groups excluding carboxylic acids is 8. The molecule has 3 saturated carbocycles. The van der Waals surface area contributed by atoms with Crippen molar-refractivity contribution < 1.29 is 77.1 Å². The molecule has 10 rings (SSSR count). The number of carboxylic acids is 2. The van der Waals surface area contributed by atoms with E-state index in [0.717, 1.165) is 33.8 Å². The van der Waals surface area contributed by atoms with Gasteiger partial charge in [0.2, 0.25) is 13.6 Å². The van der Waals surface area contributed by atoms with Crippen LogP contribution in [-0.2, 0) is 38.1 Å². The molecular formula is C57H59N13O16. The van der Waals surface area contributed by atoms with Gasteiger partial charge in [0.1, 0.15) is 29.5 Å². The standard InChI is InChI=1S/C29H29N7O8.C28H30N6O8/c1-16-5-6-18(27(40)34-22-4-3-11-30-22)12-21(16)33-26-25-17(2)20(13-35(25)32-14-31-26)28(41)36(19-7-8-19)29(42)44-15-43-24(39)10-9-23(37)38;1-15-3-4-17(26(38)31-18-5-6-18)11-21(15)32-25-24-16(2)20(12-33(24)30-13-29-25)27(39)34(19-7-8-19)28(40)42-14-41-23(37)10-9-22(35)36/h3-6,12-14,19H,7-11,15H2,1-2H3,(H,37,38)(H,30,34,40)(H,31,32,33);3-4,11-13,18-19H,5-10,14H2,1-2H3,(H,31,38)(H,35,36)(H,29,30,32). The van der Waals surface area contributed by atoms with Crippen LogP contribution < -0.4 is 21.3 Å². The summed E-state index contributed by atoms with van der Waals surface area (Å²) in [6.07, 6.45) is 9.98. The average molecular weight is 1180 g/mol. The van der Waals surface area contributed by atoms with Crippen molar-refractivity contribution >= 4 is 99.6 Å². The van der Waals surface area contributed by atoms with Crippen molar-refractivity contribution in [2.45, 2.75) is 110 Å². The molecule has 0 atom stereocenters. The Morgan fingerprint density at radius 1 is 0.593 bits per heavy atom. The fourth-order valence-corrected chi connectivity index (χ4v) is 8.83. The number of aliphatic imine (C=N–C) groups is 1. The molecule has 1 aliphatic heterocycles. The molecule has 0 bridgehead atoms. The molecule has 29 nitrogen and oxygen atoms in total. The second-order valence-electron chi connectivity index (χ2n) is 20.5. The largest absolute Gasteiger partial charge is 0.481 e. The van der Waals surface area contributed by atoms with Crippen molar-refractivity contribution in [2.75, 3.05) is 30.8 Å². The number of carboxylic acid groups (broad SMARTS) is 2. The minimum atomic E-state index is -1.16. The van der Waals surface area contributed by atoms with E-state index in [1.165, 1.54) is 34.1 Å². The first-order valence-corrected chi connectivity index (χ1v) is 27.2. The summed E-state index contributed by atoms with van der Waals surface area (Å²) >= 11 is 0. The molecule has 0 unspecified atom stereocenters. The van der Waals surface area contributed by atoms with Gasteiger partial charge in [0.25, 0.3) is 23.6 Å². The van der Waals surface area contributed by atoms with Gasteiger partial charge < -0.3 is 50.4 Å². The number of ether oxygens (including phenoxy) is 4. The number of amidine groups is 1. The number of anilines is 4. The van der Waals surface area contributed by atoms with Gasteiger partial charge in [-0.3, -0.25) is 43.3 Å². The number of nitrogens with one attached hydrogen (secondary N) is 4. The minimum Gasteiger partial charge on any atom is -0.481 e. The molecule has 86 heavy (non-hydrogen) atoms. The lowest BCUT2D eigenvalue weighted by Crippen LogP contribution is -2.39. The van der Waals surface area contributed by atoms with Gasteiger partial charge >= 0.3 is 36.1 Å². The van der Waals surface area contributed by atoms with E-state index < -0.39 is 74.3 Å². The third-order valence-electron chi connectivity index (χ3n) is 14.0. The summed E-state index contributed by atoms with van der Waals surface area (Å²) in [6.45, 7) is 6.19. The summed E-state index contributed by atoms with van der Waals surface area (Å²) < 4.78 is 22.5. The van der Waals surface area contributed by atoms with Crippen LogP contribution >= 0.6 is 0 Å². The first-order chi connectivity index (χ1) is 41.2. The number of aliphatic carboxylic acids is 2. The number of benzene rings is 2. The van der Waals surface area contributed by atoms with Crippen LogP contribution in [0.1, 0.15) is 128 Å². The molecule has 6 aromatic rings. The van der Waals surface area contributed by atoms with Gasteiger partial charge in [-0.15, -0.1) is 0 Å². The van der Waals surface area contributed by atoms with Gasteiger partial charge in [0, 0.05) is 53.0 Å². The number of aryl methyl sites for hydroxylation is 4. The third kappa shape index (κ3) is 14.8. The molecule has 4 aliphatic rings. The summed E-state index contributed by atoms with van der Waals surface area (Å²) in [5.74, 6) is -4.45. The molecule has 2 aromatic carbocycles. The van der Waals surface area contributed by atoms with Gasteiger partial charge in [-0.2, -0.15) is 10.2 Å². The lowest BCUT2D eigenvalue weighted by Gasteiger charge is -2.19. The maximum Gasteiger partial charge on any atom is 0.419 e. The van der Waals surface area contributed by atoms with Gasteiger partial charge in [0.15, 0.2) is 11.6 Å². The topological polar surface area (TPSA) is 375 Å². The Labute approximate surface area is 488 Å². The number of rotatable bonds is 21. The molecule has 0 radical (unpaired) electrons. The second kappa shape index (κ2) is 26.3. The molecule has 6 N–H and O–H groups in total. The van der Waals surface area contributed by atoms with Gasteiger partial charge in [-0.25, -0.2) is 38.4 Å². The van der Waals surface area contributed by atoms with Crippen LogP contribution in [0.25, 0.3) is 11.0 Å². The van der Waals surface area contributed by atoms with Crippen molar-refractivity contribution in [2.24, 2.45) is 4.99 Å². The number of hydrogen-bond acceptors (Lipinski definition) is 21. The number of carbonyl (C=O) groups is 10. The van der Waals surface area contributed by atoms with E-state index in [-0.39, 0.29) is 53.9 Å². The zero-order valence-electron chi connectivity index (χ0n) is 47.0. The monoisotopic (exact) mass is 1180 g/mol. The number of amides is 6. The van der Waals surface area contributed by atoms with E-state index in [9.17, 15) is 47.9 Å². The van der Waals surface area contributed by atoms with Crippen molar-refractivity contribution in [1.29, 1.82) is 0 Å². The van der Waals surface area contributed by atoms with Gasteiger partial charge in [-0.1, -0.05) is 18.2 Å². The van der Waals surface area contributed by atoms with E-state index in [2.05, 4.69) is 46.4 Å². The van der Waals surface area contributed by atoms with Crippen LogP contribution in [0.5, 0.6) is 0 Å². The van der Waals surface area contributed by atoms with E-state index in [1.54, 1.807) is 50.3 Å². The van der Waals surface area contributed by atoms with E-state index in [0.29, 0.717) is 94.4 Å². The number of hydrogen-bond donors (Lipinski definition) is 6. The van der Waals surface area contributed by atoms with Gasteiger partial charge in [-0.05, 0) is 119 Å². The Hall–Kier alpha value is -10.6. The first-order valence-electron chi connectivity index (χ1n) is 27.2. The first kappa shape index (κ1) is 60.0. The highest BCUT2D eigenvalue weighted by atomic mass is 16.7. The SMILES string of the molecule is Cc1ccc(C(=O)NC2=NCC=C2)cc1Nc1ncnn2cc(C(=O)N(C(=O)OCOC(=O)CCC(=O)O)C3CC3)c(C)c12.Cc1ccc(C(=O)NC2CC2)cc1Nc1ncnn2cc(C(=O)N(C(=O)OCOC(=O)CCC(=O)O)C3CC3)c(C)c12. The minimum absolute atomic E-state index is 0.151. The van der Waals surface area contributed by atoms with Crippen LogP contribution in [0.4, 0.5) is 32.6 Å². The third-order valence-corrected chi connectivity index (χ3v) is 14.0. The van der Waals surface area contributed by atoms with Crippen LogP contribution in [0, 0.1) is 27.7 Å². The zero-order chi connectivity index (χ0) is 61.3. The van der Waals surface area contributed by atoms with E-state index >= 15 is 0 Å². The number of imide groups is 2. The van der Waals surface area contributed by atoms with Crippen molar-refractivity contribution in [3.63, 3.8) is 0 Å². The maximum absolute atomic E-state index is 13.6. The quantitative estimate of drug-likeness (QED) is 0.0356. The highest BCUT2D eigenvalue weighted by Gasteiger charge is 2.42. The molecule has 3 fully saturated rings. The van der Waals surface area contributed by atoms with Crippen LogP contribution in [0.15, 0.2) is 78.6 Å². The Morgan fingerprint density at radius 2 is 1.05 bits per heavy atom. The van der Waals surface area contributed by atoms with Crippen LogP contribution in [-0.4, -0.2) is 153 Å². The number of esters is 2. The van der Waals surface area contributed by atoms with Crippen molar-refractivity contribution in [1.82, 2.24) is 49.6 Å². The van der Waals surface area contributed by atoms with Crippen molar-refractivity contribution in [3.05, 3.63) is 118 Å². The molecule has 6 amide bonds. The second-order valence-corrected chi connectivity index (χ2v) is 20.5. The summed E-state index contributed by atoms with van der Waals surface area (Å²) in [5.41, 5.74) is 6.28. The highest BCUT2D eigenvalue weighted by Crippen LogP contribution is 2.35. The smallest absolute Gasteiger partial charge is 0.419 e. The normalized spacial score (nSPS) is 14.0. The molecule has 0 spiro atoms. The Bertz CT molecular complexity index is 3780. The van der Waals surface area contributed by atoms with E-state index in [4.69, 9.17) is 29.2 Å². The summed E-state index contributed by atoms with van der Waals surface area (Å²) in [6, 6.07) is 10.00. The summed E-state index contributed by atoms with van der Waals surface area (Å²) in [7, 11) is 0. The average Bonchev–Trinajstić information content (AvgIpc) is 2.75. The molecule has 448 valence electrons. The Morgan fingerprint density at radius 3 is 1.45 bits per heavy atom. The Balaban J connectivity index is 0.000000206. The maximum atomic E-state index is 13.6. The zero-order valence-corrected chi connectivity index (χ0v) is 47.0. The van der Waals surface area contributed by atoms with Crippen LogP contribution in [0.3, 0.4) is 0 Å². The summed E-state index contributed by atoms with van der Waals surface area (Å²) in [4.78, 5) is 138. The molecule has 0 saturated heterocycles. The molecule has 4 aromatic heterocycles. The fraction of sp³-hybridized carbons (Fsp3) is 0.351. The molecule has 29 heteroatoms. The predicted octanol–water partition coefficient (Wildman–Crippen LogP) is 5.98. The molecule has 5 heterocycles. The van der Waals surface area contributed by atoms with E-state index in [1.807, 2.05) is 26.0 Å². The number of aromatic nitrogens is 6. The predicted molar refractivity (Wildman–Crippen MR) is 301 cm³/mol. The Kier molecular flexibility index (Phi) is 18.4. The lowest BCUT2D eigenvalue weighted by molar-refractivity contribution is -0.155. The number of fused-ring (bicyclic) bond motifs is 2. The van der Waals surface area contributed by atoms with Crippen LogP contribution in [0.2, 0.25) is 0 Å². The number of nitrogens with zero attached hydrogens (tertiary/aromatic N) is 9. The van der Waals surface area contributed by atoms with Crippen molar-refractivity contribution in [3.8, 4) is 0 Å². The lowest BCUT2D eigenvalue weighted by atomic mass is 10.1. The van der Waals surface area contributed by atoms with Gasteiger partial charge in [0.05, 0.1) is 43.4 Å². The molecule has 3 aliphatic carbocycles. The molecular weight excluding hydrogens is 1120 g/mol.